The summed E-state index contributed by atoms with van der Waals surface area (Å²) < 4.78 is 0. The fourth-order valence-electron chi connectivity index (χ4n) is 1.50. The Balaban J connectivity index is 2.12. The van der Waals surface area contributed by atoms with Crippen LogP contribution in [-0.4, -0.2) is 12.2 Å². The second-order valence-corrected chi connectivity index (χ2v) is 3.25. The minimum absolute atomic E-state index is 0.372. The lowest BCUT2D eigenvalue weighted by Gasteiger charge is -2.02. The van der Waals surface area contributed by atoms with E-state index in [2.05, 4.69) is 13.8 Å². The van der Waals surface area contributed by atoms with Crippen LogP contribution in [0.25, 0.3) is 0 Å². The van der Waals surface area contributed by atoms with Gasteiger partial charge in [-0.3, -0.25) is 0 Å². The van der Waals surface area contributed by atoms with E-state index in [0.717, 1.165) is 19.3 Å². The van der Waals surface area contributed by atoms with Crippen molar-refractivity contribution in [2.45, 2.75) is 58.2 Å². The first-order valence-corrected chi connectivity index (χ1v) is 4.69. The zero-order valence-electron chi connectivity index (χ0n) is 7.51. The van der Waals surface area contributed by atoms with Gasteiger partial charge in [0.25, 0.3) is 0 Å². The third-order valence-electron chi connectivity index (χ3n) is 2.07. The second-order valence-electron chi connectivity index (χ2n) is 3.25. The Kier molecular flexibility index (Phi) is 3.87. The number of hydrogen-bond donors (Lipinski definition) is 0. The molecule has 2 atom stereocenters. The monoisotopic (exact) mass is 158 g/mol. The normalized spacial score (nSPS) is 31.1. The summed E-state index contributed by atoms with van der Waals surface area (Å²) in [4.78, 5) is 10.3. The zero-order chi connectivity index (χ0) is 8.10. The van der Waals surface area contributed by atoms with Gasteiger partial charge in [-0.2, -0.15) is 0 Å². The Morgan fingerprint density at radius 1 is 1.00 bits per heavy atom. The van der Waals surface area contributed by atoms with Crippen molar-refractivity contribution < 1.29 is 9.78 Å². The zero-order valence-corrected chi connectivity index (χ0v) is 7.51. The third kappa shape index (κ3) is 2.80. The van der Waals surface area contributed by atoms with Crippen molar-refractivity contribution >= 4 is 0 Å². The van der Waals surface area contributed by atoms with Crippen LogP contribution in [0, 0.1) is 0 Å². The summed E-state index contributed by atoms with van der Waals surface area (Å²) in [6.07, 6.45) is 6.50. The summed E-state index contributed by atoms with van der Waals surface area (Å²) in [7, 11) is 0. The van der Waals surface area contributed by atoms with E-state index < -0.39 is 0 Å². The highest BCUT2D eigenvalue weighted by Crippen LogP contribution is 2.23. The standard InChI is InChI=1S/C9H18O2/c1-3-5-8-7-9(6-4-2)11-10-8/h8-9H,3-7H2,1-2H3. The third-order valence-corrected chi connectivity index (χ3v) is 2.07. The van der Waals surface area contributed by atoms with Gasteiger partial charge in [0, 0.05) is 6.42 Å². The van der Waals surface area contributed by atoms with Crippen molar-refractivity contribution in [1.29, 1.82) is 0 Å². The minimum atomic E-state index is 0.372. The van der Waals surface area contributed by atoms with Gasteiger partial charge in [0.2, 0.25) is 0 Å². The van der Waals surface area contributed by atoms with E-state index in [1.807, 2.05) is 0 Å². The first kappa shape index (κ1) is 9.01. The predicted octanol–water partition coefficient (Wildman–Crippen LogP) is 2.68. The molecule has 2 unspecified atom stereocenters. The molecule has 1 aliphatic rings. The summed E-state index contributed by atoms with van der Waals surface area (Å²) in [5.74, 6) is 0. The molecular formula is C9H18O2. The van der Waals surface area contributed by atoms with Crippen LogP contribution in [-0.2, 0) is 9.78 Å². The summed E-state index contributed by atoms with van der Waals surface area (Å²) in [5.41, 5.74) is 0. The molecule has 1 saturated heterocycles. The SMILES string of the molecule is CCCC1CC(CCC)OO1. The Hall–Kier alpha value is -0.0800. The van der Waals surface area contributed by atoms with Gasteiger partial charge < -0.3 is 0 Å². The molecule has 0 aliphatic carbocycles. The van der Waals surface area contributed by atoms with Crippen molar-refractivity contribution in [3.63, 3.8) is 0 Å². The van der Waals surface area contributed by atoms with Crippen LogP contribution in [0.15, 0.2) is 0 Å². The molecule has 0 aromatic heterocycles. The van der Waals surface area contributed by atoms with Gasteiger partial charge in [0.1, 0.15) is 0 Å². The molecule has 11 heavy (non-hydrogen) atoms. The fourth-order valence-corrected chi connectivity index (χ4v) is 1.50. The van der Waals surface area contributed by atoms with Crippen molar-refractivity contribution in [2.75, 3.05) is 0 Å². The predicted molar refractivity (Wildman–Crippen MR) is 44.2 cm³/mol. The van der Waals surface area contributed by atoms with Crippen LogP contribution in [0.4, 0.5) is 0 Å². The second kappa shape index (κ2) is 4.73. The lowest BCUT2D eigenvalue weighted by Crippen LogP contribution is -2.06. The van der Waals surface area contributed by atoms with Gasteiger partial charge in [-0.15, -0.1) is 0 Å². The van der Waals surface area contributed by atoms with Gasteiger partial charge in [-0.1, -0.05) is 26.7 Å². The molecule has 1 heterocycles. The van der Waals surface area contributed by atoms with E-state index >= 15 is 0 Å². The molecular weight excluding hydrogens is 140 g/mol. The van der Waals surface area contributed by atoms with Crippen molar-refractivity contribution in [1.82, 2.24) is 0 Å². The van der Waals surface area contributed by atoms with E-state index in [1.165, 1.54) is 12.8 Å². The van der Waals surface area contributed by atoms with Crippen LogP contribution in [0.3, 0.4) is 0 Å². The Morgan fingerprint density at radius 3 is 1.82 bits per heavy atom. The average molecular weight is 158 g/mol. The van der Waals surface area contributed by atoms with Crippen LogP contribution < -0.4 is 0 Å². The molecule has 0 amide bonds. The largest absolute Gasteiger partial charge is 0.233 e. The summed E-state index contributed by atoms with van der Waals surface area (Å²) in [6, 6.07) is 0. The minimum Gasteiger partial charge on any atom is -0.233 e. The molecule has 0 aromatic carbocycles. The summed E-state index contributed by atoms with van der Waals surface area (Å²) in [5, 5.41) is 0. The highest BCUT2D eigenvalue weighted by Gasteiger charge is 2.25. The van der Waals surface area contributed by atoms with Crippen molar-refractivity contribution in [3.8, 4) is 0 Å². The molecule has 0 spiro atoms. The molecule has 66 valence electrons. The highest BCUT2D eigenvalue weighted by atomic mass is 17.2. The summed E-state index contributed by atoms with van der Waals surface area (Å²) >= 11 is 0. The van der Waals surface area contributed by atoms with Crippen LogP contribution in [0.1, 0.15) is 46.0 Å². The highest BCUT2D eigenvalue weighted by molar-refractivity contribution is 4.68. The Morgan fingerprint density at radius 2 is 1.45 bits per heavy atom. The molecule has 0 N–H and O–H groups in total. The topological polar surface area (TPSA) is 18.5 Å². The van der Waals surface area contributed by atoms with Gasteiger partial charge >= 0.3 is 0 Å². The van der Waals surface area contributed by atoms with Gasteiger partial charge in [-0.05, 0) is 12.8 Å². The molecule has 2 nitrogen and oxygen atoms in total. The molecule has 1 aliphatic heterocycles. The smallest absolute Gasteiger partial charge is 0.0955 e. The van der Waals surface area contributed by atoms with Gasteiger partial charge in [0.05, 0.1) is 12.2 Å². The van der Waals surface area contributed by atoms with Gasteiger partial charge in [0.15, 0.2) is 0 Å². The van der Waals surface area contributed by atoms with Gasteiger partial charge in [-0.25, -0.2) is 9.78 Å². The van der Waals surface area contributed by atoms with E-state index in [1.54, 1.807) is 0 Å². The van der Waals surface area contributed by atoms with Crippen molar-refractivity contribution in [2.24, 2.45) is 0 Å². The van der Waals surface area contributed by atoms with Crippen LogP contribution in [0.2, 0.25) is 0 Å². The molecule has 1 rings (SSSR count). The maximum Gasteiger partial charge on any atom is 0.0955 e. The summed E-state index contributed by atoms with van der Waals surface area (Å²) in [6.45, 7) is 4.35. The van der Waals surface area contributed by atoms with E-state index in [9.17, 15) is 0 Å². The molecule has 0 radical (unpaired) electrons. The van der Waals surface area contributed by atoms with E-state index in [-0.39, 0.29) is 0 Å². The Labute approximate surface area is 68.8 Å². The lowest BCUT2D eigenvalue weighted by molar-refractivity contribution is -0.297. The fraction of sp³-hybridized carbons (Fsp3) is 1.00. The van der Waals surface area contributed by atoms with Crippen molar-refractivity contribution in [3.05, 3.63) is 0 Å². The van der Waals surface area contributed by atoms with E-state index in [4.69, 9.17) is 9.78 Å². The quantitative estimate of drug-likeness (QED) is 0.586. The molecule has 0 bridgehead atoms. The maximum absolute atomic E-state index is 5.16. The molecule has 2 heteroatoms. The van der Waals surface area contributed by atoms with Crippen LogP contribution >= 0.6 is 0 Å². The number of rotatable bonds is 4. The van der Waals surface area contributed by atoms with E-state index in [0.29, 0.717) is 12.2 Å². The molecule has 1 fully saturated rings. The number of hydrogen-bond acceptors (Lipinski definition) is 2. The first-order chi connectivity index (χ1) is 5.36. The van der Waals surface area contributed by atoms with Crippen LogP contribution in [0.5, 0.6) is 0 Å². The average Bonchev–Trinajstić information content (AvgIpc) is 2.38. The lowest BCUT2D eigenvalue weighted by atomic mass is 10.1. The Bertz CT molecular complexity index is 91.7. The molecule has 0 aromatic rings. The first-order valence-electron chi connectivity index (χ1n) is 4.69. The molecule has 0 saturated carbocycles. The maximum atomic E-state index is 5.16.